The number of hydrogen-bond donors (Lipinski definition) is 1. The van der Waals surface area contributed by atoms with Crippen LogP contribution in [0.25, 0.3) is 0 Å². The van der Waals surface area contributed by atoms with Gasteiger partial charge in [-0.3, -0.25) is 9.69 Å². The average molecular weight is 265 g/mol. The summed E-state index contributed by atoms with van der Waals surface area (Å²) in [6.07, 6.45) is 11.2. The van der Waals surface area contributed by atoms with Crippen LogP contribution in [0.15, 0.2) is 0 Å². The van der Waals surface area contributed by atoms with Crippen molar-refractivity contribution in [1.82, 2.24) is 4.90 Å². The van der Waals surface area contributed by atoms with Gasteiger partial charge in [-0.2, -0.15) is 0 Å². The van der Waals surface area contributed by atoms with E-state index in [1.54, 1.807) is 0 Å². The molecule has 19 heavy (non-hydrogen) atoms. The number of nitrogens with zero attached hydrogens (tertiary/aromatic N) is 1. The van der Waals surface area contributed by atoms with E-state index < -0.39 is 5.97 Å². The van der Waals surface area contributed by atoms with Crippen molar-refractivity contribution in [2.45, 2.75) is 64.3 Å². The zero-order chi connectivity index (χ0) is 13.5. The zero-order valence-corrected chi connectivity index (χ0v) is 12.1. The molecule has 3 fully saturated rings. The van der Waals surface area contributed by atoms with Gasteiger partial charge in [-0.05, 0) is 49.9 Å². The second-order valence-corrected chi connectivity index (χ2v) is 7.31. The van der Waals surface area contributed by atoms with Crippen LogP contribution in [0.1, 0.15) is 58.3 Å². The standard InChI is InChI=1S/C16H27NO2/c1-12-10-17(11-14(12)15(18)19)13-4-8-16(9-5-13)6-2-3-7-16/h12-14H,2-11H2,1H3,(H,18,19)/t12-,14-/m1/s1. The molecule has 0 bridgehead atoms. The number of carboxylic acids is 1. The molecular formula is C16H27NO2. The van der Waals surface area contributed by atoms with E-state index in [2.05, 4.69) is 11.8 Å². The van der Waals surface area contributed by atoms with Crippen molar-refractivity contribution < 1.29 is 9.90 Å². The van der Waals surface area contributed by atoms with Crippen molar-refractivity contribution in [2.75, 3.05) is 13.1 Å². The van der Waals surface area contributed by atoms with Gasteiger partial charge in [0, 0.05) is 19.1 Å². The molecule has 1 heterocycles. The highest BCUT2D eigenvalue weighted by atomic mass is 16.4. The molecule has 3 nitrogen and oxygen atoms in total. The van der Waals surface area contributed by atoms with Gasteiger partial charge in [-0.1, -0.05) is 19.8 Å². The molecule has 1 saturated heterocycles. The van der Waals surface area contributed by atoms with E-state index in [0.717, 1.165) is 13.1 Å². The topological polar surface area (TPSA) is 40.5 Å². The molecule has 0 radical (unpaired) electrons. The molecule has 3 aliphatic rings. The predicted octanol–water partition coefficient (Wildman–Crippen LogP) is 3.14. The van der Waals surface area contributed by atoms with E-state index in [9.17, 15) is 9.90 Å². The molecule has 3 heteroatoms. The van der Waals surface area contributed by atoms with E-state index in [1.807, 2.05) is 0 Å². The Hall–Kier alpha value is -0.570. The van der Waals surface area contributed by atoms with Crippen LogP contribution in [0.5, 0.6) is 0 Å². The lowest BCUT2D eigenvalue weighted by Gasteiger charge is -2.40. The van der Waals surface area contributed by atoms with Crippen LogP contribution < -0.4 is 0 Å². The maximum absolute atomic E-state index is 11.2. The Kier molecular flexibility index (Phi) is 3.59. The number of rotatable bonds is 2. The van der Waals surface area contributed by atoms with Gasteiger partial charge in [-0.15, -0.1) is 0 Å². The van der Waals surface area contributed by atoms with E-state index in [-0.39, 0.29) is 5.92 Å². The molecule has 0 unspecified atom stereocenters. The molecule has 0 aromatic heterocycles. The van der Waals surface area contributed by atoms with Crippen molar-refractivity contribution in [1.29, 1.82) is 0 Å². The maximum atomic E-state index is 11.2. The first-order valence-corrected chi connectivity index (χ1v) is 8.06. The molecular weight excluding hydrogens is 238 g/mol. The highest BCUT2D eigenvalue weighted by Crippen LogP contribution is 2.50. The third-order valence-electron chi connectivity index (χ3n) is 6.15. The highest BCUT2D eigenvalue weighted by molar-refractivity contribution is 5.71. The average Bonchev–Trinajstić information content (AvgIpc) is 2.98. The summed E-state index contributed by atoms with van der Waals surface area (Å²) in [5, 5.41) is 9.24. The minimum Gasteiger partial charge on any atom is -0.481 e. The van der Waals surface area contributed by atoms with Crippen molar-refractivity contribution in [3.8, 4) is 0 Å². The van der Waals surface area contributed by atoms with E-state index in [1.165, 1.54) is 51.4 Å². The molecule has 2 atom stereocenters. The largest absolute Gasteiger partial charge is 0.481 e. The molecule has 3 rings (SSSR count). The van der Waals surface area contributed by atoms with Crippen molar-refractivity contribution in [3.63, 3.8) is 0 Å². The van der Waals surface area contributed by atoms with Crippen LogP contribution in [0.3, 0.4) is 0 Å². The highest BCUT2D eigenvalue weighted by Gasteiger charge is 2.42. The molecule has 2 aliphatic carbocycles. The molecule has 0 aromatic rings. The van der Waals surface area contributed by atoms with E-state index in [0.29, 0.717) is 17.4 Å². The summed E-state index contributed by atoms with van der Waals surface area (Å²) in [6.45, 7) is 3.88. The van der Waals surface area contributed by atoms with E-state index >= 15 is 0 Å². The Morgan fingerprint density at radius 1 is 1.11 bits per heavy atom. The Morgan fingerprint density at radius 2 is 1.74 bits per heavy atom. The lowest BCUT2D eigenvalue weighted by molar-refractivity contribution is -0.142. The minimum absolute atomic E-state index is 0.137. The van der Waals surface area contributed by atoms with Crippen molar-refractivity contribution >= 4 is 5.97 Å². The fraction of sp³-hybridized carbons (Fsp3) is 0.938. The van der Waals surface area contributed by atoms with Gasteiger partial charge in [0.1, 0.15) is 0 Å². The van der Waals surface area contributed by atoms with E-state index in [4.69, 9.17) is 0 Å². The fourth-order valence-corrected chi connectivity index (χ4v) is 4.83. The Bertz CT molecular complexity index is 339. The Morgan fingerprint density at radius 3 is 2.26 bits per heavy atom. The van der Waals surface area contributed by atoms with Gasteiger partial charge >= 0.3 is 5.97 Å². The fourth-order valence-electron chi connectivity index (χ4n) is 4.83. The molecule has 0 amide bonds. The van der Waals surface area contributed by atoms with Crippen molar-refractivity contribution in [3.05, 3.63) is 0 Å². The van der Waals surface area contributed by atoms with Gasteiger partial charge in [0.05, 0.1) is 5.92 Å². The summed E-state index contributed by atoms with van der Waals surface area (Å²) < 4.78 is 0. The first-order valence-electron chi connectivity index (χ1n) is 8.06. The summed E-state index contributed by atoms with van der Waals surface area (Å²) >= 11 is 0. The molecule has 108 valence electrons. The van der Waals surface area contributed by atoms with Crippen LogP contribution in [0.2, 0.25) is 0 Å². The Labute approximate surface area is 116 Å². The van der Waals surface area contributed by atoms with Gasteiger partial charge in [0.25, 0.3) is 0 Å². The normalized spacial score (nSPS) is 36.1. The smallest absolute Gasteiger partial charge is 0.308 e. The molecule has 1 spiro atoms. The number of hydrogen-bond acceptors (Lipinski definition) is 2. The summed E-state index contributed by atoms with van der Waals surface area (Å²) in [6, 6.07) is 0.665. The Balaban J connectivity index is 1.56. The lowest BCUT2D eigenvalue weighted by atomic mass is 9.71. The minimum atomic E-state index is -0.599. The van der Waals surface area contributed by atoms with Crippen LogP contribution in [0.4, 0.5) is 0 Å². The molecule has 1 N–H and O–H groups in total. The van der Waals surface area contributed by atoms with Gasteiger partial charge < -0.3 is 5.11 Å². The predicted molar refractivity (Wildman–Crippen MR) is 75.0 cm³/mol. The zero-order valence-electron chi connectivity index (χ0n) is 12.1. The van der Waals surface area contributed by atoms with Crippen LogP contribution in [-0.4, -0.2) is 35.1 Å². The van der Waals surface area contributed by atoms with Crippen LogP contribution in [-0.2, 0) is 4.79 Å². The van der Waals surface area contributed by atoms with Gasteiger partial charge in [0.2, 0.25) is 0 Å². The SMILES string of the molecule is C[C@@H]1CN(C2CCC3(CCCC3)CC2)C[C@H]1C(=O)O. The molecule has 2 saturated carbocycles. The maximum Gasteiger partial charge on any atom is 0.308 e. The van der Waals surface area contributed by atoms with Crippen LogP contribution in [0, 0.1) is 17.3 Å². The second kappa shape index (κ2) is 5.08. The third kappa shape index (κ3) is 2.54. The summed E-state index contributed by atoms with van der Waals surface area (Å²) in [5.41, 5.74) is 0.689. The number of carbonyl (C=O) groups is 1. The van der Waals surface area contributed by atoms with Crippen molar-refractivity contribution in [2.24, 2.45) is 17.3 Å². The summed E-state index contributed by atoms with van der Waals surface area (Å²) in [4.78, 5) is 13.7. The first kappa shape index (κ1) is 13.4. The van der Waals surface area contributed by atoms with Gasteiger partial charge in [-0.25, -0.2) is 0 Å². The number of carboxylic acid groups (broad SMARTS) is 1. The second-order valence-electron chi connectivity index (χ2n) is 7.31. The third-order valence-corrected chi connectivity index (χ3v) is 6.15. The molecule has 1 aliphatic heterocycles. The summed E-state index contributed by atoms with van der Waals surface area (Å²) in [5.74, 6) is -0.416. The summed E-state index contributed by atoms with van der Waals surface area (Å²) in [7, 11) is 0. The van der Waals surface area contributed by atoms with Gasteiger partial charge in [0.15, 0.2) is 0 Å². The quantitative estimate of drug-likeness (QED) is 0.834. The number of aliphatic carboxylic acids is 1. The number of likely N-dealkylation sites (tertiary alicyclic amines) is 1. The monoisotopic (exact) mass is 265 g/mol. The lowest BCUT2D eigenvalue weighted by Crippen LogP contribution is -2.39. The molecule has 0 aromatic carbocycles. The first-order chi connectivity index (χ1) is 9.10. The van der Waals surface area contributed by atoms with Crippen LogP contribution >= 0.6 is 0 Å².